The van der Waals surface area contributed by atoms with Crippen LogP contribution in [-0.4, -0.2) is 10.8 Å². The maximum absolute atomic E-state index is 11.5. The van der Waals surface area contributed by atoms with Gasteiger partial charge in [0.2, 0.25) is 0 Å². The van der Waals surface area contributed by atoms with Gasteiger partial charge in [0.05, 0.1) is 5.44 Å². The first kappa shape index (κ1) is 7.88. The topological polar surface area (TPSA) is 30.0 Å². The van der Waals surface area contributed by atoms with Crippen LogP contribution in [-0.2, 0) is 6.42 Å². The number of aryl methyl sites for hydroxylation is 1. The van der Waals surface area contributed by atoms with E-state index in [9.17, 15) is 4.79 Å². The molecule has 0 radical (unpaired) electrons. The molecule has 1 aromatic rings. The zero-order chi connectivity index (χ0) is 8.55. The van der Waals surface area contributed by atoms with E-state index in [0.717, 1.165) is 29.4 Å². The predicted molar refractivity (Wildman–Crippen MR) is 50.8 cm³/mol. The molecule has 1 aliphatic rings. The maximum atomic E-state index is 11.5. The maximum Gasteiger partial charge on any atom is 0.165 e. The average molecular weight is 179 g/mol. The molecule has 1 aliphatic carbocycles. The molecule has 0 fully saturated rings. The molecule has 0 N–H and O–H groups in total. The molecule has 2 nitrogen and oxygen atoms in total. The molecule has 0 amide bonds. The molecule has 0 bridgehead atoms. The summed E-state index contributed by atoms with van der Waals surface area (Å²) in [5.41, 5.74) is 2.80. The van der Waals surface area contributed by atoms with E-state index in [0.29, 0.717) is 6.42 Å². The van der Waals surface area contributed by atoms with E-state index in [1.54, 1.807) is 6.20 Å². The minimum absolute atomic E-state index is 0.245. The van der Waals surface area contributed by atoms with E-state index < -0.39 is 0 Å². The highest BCUT2D eigenvalue weighted by atomic mass is 31.0. The Kier molecular flexibility index (Phi) is 1.93. The molecule has 1 atom stereocenters. The Labute approximate surface area is 73.6 Å². The van der Waals surface area contributed by atoms with Crippen LogP contribution in [0.4, 0.5) is 0 Å². The average Bonchev–Trinajstić information content (AvgIpc) is 2.04. The summed E-state index contributed by atoms with van der Waals surface area (Å²) in [4.78, 5) is 15.5. The largest absolute Gasteiger partial charge is 0.294 e. The Bertz CT molecular complexity index is 335. The van der Waals surface area contributed by atoms with Gasteiger partial charge in [-0.25, -0.2) is 0 Å². The number of rotatable bonds is 0. The number of hydrogen-bond acceptors (Lipinski definition) is 2. The van der Waals surface area contributed by atoms with Gasteiger partial charge in [-0.1, -0.05) is 9.24 Å². The summed E-state index contributed by atoms with van der Waals surface area (Å²) in [5, 5.41) is 0. The van der Waals surface area contributed by atoms with Crippen molar-refractivity contribution in [2.75, 3.05) is 0 Å². The molecule has 0 aliphatic heterocycles. The number of nitrogens with zero attached hydrogens (tertiary/aromatic N) is 1. The number of hydrogen-bond donors (Lipinski definition) is 0. The lowest BCUT2D eigenvalue weighted by Gasteiger charge is -2.14. The fourth-order valence-electron chi connectivity index (χ4n) is 1.61. The molecule has 1 unspecified atom stereocenters. The van der Waals surface area contributed by atoms with Crippen molar-refractivity contribution in [1.82, 2.24) is 4.98 Å². The van der Waals surface area contributed by atoms with Gasteiger partial charge in [0, 0.05) is 18.2 Å². The molecule has 62 valence electrons. The summed E-state index contributed by atoms with van der Waals surface area (Å²) in [6.07, 6.45) is 4.45. The molecule has 1 aromatic heterocycles. The molecule has 0 saturated carbocycles. The number of ketones is 1. The summed E-state index contributed by atoms with van der Waals surface area (Å²) < 4.78 is 0. The van der Waals surface area contributed by atoms with Gasteiger partial charge < -0.3 is 0 Å². The van der Waals surface area contributed by atoms with E-state index >= 15 is 0 Å². The van der Waals surface area contributed by atoms with Gasteiger partial charge >= 0.3 is 0 Å². The van der Waals surface area contributed by atoms with E-state index in [-0.39, 0.29) is 5.78 Å². The molecule has 1 heterocycles. The van der Waals surface area contributed by atoms with Crippen molar-refractivity contribution >= 4 is 20.5 Å². The molecule has 3 heteroatoms. The third-order valence-corrected chi connectivity index (χ3v) is 2.63. The number of pyridine rings is 1. The van der Waals surface area contributed by atoms with Crippen LogP contribution in [0.2, 0.25) is 0 Å². The van der Waals surface area contributed by atoms with E-state index in [2.05, 4.69) is 14.2 Å². The lowest BCUT2D eigenvalue weighted by Crippen LogP contribution is -2.20. The summed E-state index contributed by atoms with van der Waals surface area (Å²) in [6.45, 7) is 0. The number of fused-ring (bicyclic) bond motifs is 1. The number of carbonyl (C=O) groups excluding carboxylic acids is 1. The second-order valence-corrected chi connectivity index (χ2v) is 3.55. The standard InChI is InChI=1S/C9H10NOP/c11-7-3-1-2-6-4-5-10-9(12)8(6)7/h4-5H,1-3,12H2. The minimum atomic E-state index is 0.245. The first-order chi connectivity index (χ1) is 5.79. The Morgan fingerprint density at radius 1 is 1.42 bits per heavy atom. The summed E-state index contributed by atoms with van der Waals surface area (Å²) in [5.74, 6) is 0.245. The molecule has 0 aromatic carbocycles. The molecular formula is C9H10NOP. The van der Waals surface area contributed by atoms with Crippen molar-refractivity contribution in [3.63, 3.8) is 0 Å². The normalized spacial score (nSPS) is 15.9. The highest BCUT2D eigenvalue weighted by Crippen LogP contribution is 2.19. The summed E-state index contributed by atoms with van der Waals surface area (Å²) in [7, 11) is 2.52. The summed E-state index contributed by atoms with van der Waals surface area (Å²) >= 11 is 0. The molecule has 2 rings (SSSR count). The van der Waals surface area contributed by atoms with Crippen LogP contribution in [0.1, 0.15) is 28.8 Å². The van der Waals surface area contributed by atoms with Crippen LogP contribution in [0.5, 0.6) is 0 Å². The van der Waals surface area contributed by atoms with Crippen LogP contribution in [0.15, 0.2) is 12.3 Å². The first-order valence-electron chi connectivity index (χ1n) is 4.05. The highest BCUT2D eigenvalue weighted by molar-refractivity contribution is 7.27. The van der Waals surface area contributed by atoms with Gasteiger partial charge in [0.15, 0.2) is 5.78 Å². The second-order valence-electron chi connectivity index (χ2n) is 3.01. The fraction of sp³-hybridized carbons (Fsp3) is 0.333. The smallest absolute Gasteiger partial charge is 0.165 e. The third-order valence-electron chi connectivity index (χ3n) is 2.20. The Hall–Kier alpha value is -0.750. The molecule has 0 saturated heterocycles. The Balaban J connectivity index is 2.60. The van der Waals surface area contributed by atoms with Crippen molar-refractivity contribution in [1.29, 1.82) is 0 Å². The molecular weight excluding hydrogens is 169 g/mol. The Morgan fingerprint density at radius 3 is 3.00 bits per heavy atom. The lowest BCUT2D eigenvalue weighted by molar-refractivity contribution is 0.0973. The van der Waals surface area contributed by atoms with Crippen molar-refractivity contribution in [2.24, 2.45) is 0 Å². The van der Waals surface area contributed by atoms with Gasteiger partial charge in [0.1, 0.15) is 0 Å². The molecule has 12 heavy (non-hydrogen) atoms. The number of aromatic nitrogens is 1. The van der Waals surface area contributed by atoms with Crippen molar-refractivity contribution < 1.29 is 4.79 Å². The number of carbonyl (C=O) groups is 1. The highest BCUT2D eigenvalue weighted by Gasteiger charge is 2.18. The zero-order valence-corrected chi connectivity index (χ0v) is 7.86. The van der Waals surface area contributed by atoms with Crippen molar-refractivity contribution in [2.45, 2.75) is 19.3 Å². The molecule has 0 spiro atoms. The third kappa shape index (κ3) is 1.16. The van der Waals surface area contributed by atoms with Gasteiger partial charge in [-0.05, 0) is 24.5 Å². The zero-order valence-electron chi connectivity index (χ0n) is 6.71. The lowest BCUT2D eigenvalue weighted by atomic mass is 9.92. The van der Waals surface area contributed by atoms with Gasteiger partial charge in [-0.2, -0.15) is 0 Å². The Morgan fingerprint density at radius 2 is 2.25 bits per heavy atom. The van der Waals surface area contributed by atoms with E-state index in [4.69, 9.17) is 0 Å². The van der Waals surface area contributed by atoms with Crippen molar-refractivity contribution in [3.8, 4) is 0 Å². The van der Waals surface area contributed by atoms with E-state index in [1.165, 1.54) is 0 Å². The number of Topliss-reactive ketones (excluding diaryl/α,β-unsaturated/α-hetero) is 1. The van der Waals surface area contributed by atoms with Crippen LogP contribution in [0.25, 0.3) is 0 Å². The summed E-state index contributed by atoms with van der Waals surface area (Å²) in [6, 6.07) is 1.94. The monoisotopic (exact) mass is 179 g/mol. The van der Waals surface area contributed by atoms with Crippen LogP contribution in [0, 0.1) is 0 Å². The van der Waals surface area contributed by atoms with Crippen LogP contribution in [0.3, 0.4) is 0 Å². The quantitative estimate of drug-likeness (QED) is 0.558. The first-order valence-corrected chi connectivity index (χ1v) is 4.63. The SMILES string of the molecule is O=C1CCCc2ccnc(P)c21. The van der Waals surface area contributed by atoms with Gasteiger partial charge in [-0.15, -0.1) is 0 Å². The fourth-order valence-corrected chi connectivity index (χ4v) is 2.05. The van der Waals surface area contributed by atoms with Crippen LogP contribution < -0.4 is 5.44 Å². The van der Waals surface area contributed by atoms with Gasteiger partial charge in [0.25, 0.3) is 0 Å². The van der Waals surface area contributed by atoms with Gasteiger partial charge in [-0.3, -0.25) is 9.78 Å². The second kappa shape index (κ2) is 2.95. The van der Waals surface area contributed by atoms with E-state index in [1.807, 2.05) is 6.07 Å². The minimum Gasteiger partial charge on any atom is -0.294 e. The van der Waals surface area contributed by atoms with Crippen LogP contribution >= 0.6 is 9.24 Å². The van der Waals surface area contributed by atoms with Crippen molar-refractivity contribution in [3.05, 3.63) is 23.4 Å². The predicted octanol–water partition coefficient (Wildman–Crippen LogP) is 1.10.